The van der Waals surface area contributed by atoms with E-state index in [-0.39, 0.29) is 0 Å². The van der Waals surface area contributed by atoms with Gasteiger partial charge in [-0.2, -0.15) is 0 Å². The Kier molecular flexibility index (Phi) is 6.68. The minimum atomic E-state index is 0.719. The lowest BCUT2D eigenvalue weighted by atomic mass is 10.1. The number of aromatic nitrogens is 2. The van der Waals surface area contributed by atoms with Crippen LogP contribution in [0.1, 0.15) is 16.8 Å². The van der Waals surface area contributed by atoms with Crippen molar-refractivity contribution < 1.29 is 4.74 Å². The molecule has 4 nitrogen and oxygen atoms in total. The molecule has 3 rings (SSSR count). The molecule has 28 heavy (non-hydrogen) atoms. The predicted molar refractivity (Wildman–Crippen MR) is 116 cm³/mol. The SMILES string of the molecule is C=CCN(CC=C)c1nc(Cc2ccccc2)cn1Cc1ccc(OC)cc1. The van der Waals surface area contributed by atoms with Crippen LogP contribution in [-0.4, -0.2) is 29.8 Å². The van der Waals surface area contributed by atoms with E-state index >= 15 is 0 Å². The molecule has 3 aromatic rings. The molecule has 1 aromatic heterocycles. The van der Waals surface area contributed by atoms with Crippen LogP contribution in [0.25, 0.3) is 0 Å². The summed E-state index contributed by atoms with van der Waals surface area (Å²) in [7, 11) is 1.68. The maximum Gasteiger partial charge on any atom is 0.206 e. The number of imidazole rings is 1. The Morgan fingerprint density at radius 1 is 0.964 bits per heavy atom. The van der Waals surface area contributed by atoms with Crippen LogP contribution in [-0.2, 0) is 13.0 Å². The monoisotopic (exact) mass is 373 g/mol. The first-order chi connectivity index (χ1) is 13.7. The zero-order chi connectivity index (χ0) is 19.8. The summed E-state index contributed by atoms with van der Waals surface area (Å²) < 4.78 is 7.47. The van der Waals surface area contributed by atoms with Gasteiger partial charge in [0.1, 0.15) is 5.75 Å². The minimum Gasteiger partial charge on any atom is -0.497 e. The molecular formula is C24H27N3O. The average molecular weight is 374 g/mol. The van der Waals surface area contributed by atoms with E-state index in [4.69, 9.17) is 9.72 Å². The second-order valence-electron chi connectivity index (χ2n) is 6.65. The first kappa shape index (κ1) is 19.5. The zero-order valence-electron chi connectivity index (χ0n) is 16.4. The highest BCUT2D eigenvalue weighted by atomic mass is 16.5. The molecule has 0 saturated carbocycles. The fraction of sp³-hybridized carbons (Fsp3) is 0.208. The van der Waals surface area contributed by atoms with Gasteiger partial charge in [-0.25, -0.2) is 4.98 Å². The van der Waals surface area contributed by atoms with Gasteiger partial charge in [-0.05, 0) is 23.3 Å². The van der Waals surface area contributed by atoms with E-state index in [9.17, 15) is 0 Å². The Hall–Kier alpha value is -3.27. The Morgan fingerprint density at radius 2 is 1.64 bits per heavy atom. The van der Waals surface area contributed by atoms with Crippen LogP contribution < -0.4 is 9.64 Å². The van der Waals surface area contributed by atoms with Crippen molar-refractivity contribution in [2.75, 3.05) is 25.1 Å². The number of hydrogen-bond donors (Lipinski definition) is 0. The lowest BCUT2D eigenvalue weighted by molar-refractivity contribution is 0.414. The van der Waals surface area contributed by atoms with Crippen LogP contribution in [0.4, 0.5) is 5.95 Å². The number of ether oxygens (including phenoxy) is 1. The summed E-state index contributed by atoms with van der Waals surface area (Å²) in [5.41, 5.74) is 3.50. The van der Waals surface area contributed by atoms with Crippen molar-refractivity contribution in [3.05, 3.63) is 103 Å². The van der Waals surface area contributed by atoms with Gasteiger partial charge in [-0.3, -0.25) is 0 Å². The summed E-state index contributed by atoms with van der Waals surface area (Å²) in [6, 6.07) is 18.6. The number of hydrogen-bond acceptors (Lipinski definition) is 3. The summed E-state index contributed by atoms with van der Waals surface area (Å²) >= 11 is 0. The predicted octanol–water partition coefficient (Wildman–Crippen LogP) is 4.71. The van der Waals surface area contributed by atoms with Crippen molar-refractivity contribution in [1.82, 2.24) is 9.55 Å². The van der Waals surface area contributed by atoms with Crippen molar-refractivity contribution in [2.24, 2.45) is 0 Å². The van der Waals surface area contributed by atoms with Crippen LogP contribution in [0.15, 0.2) is 86.1 Å². The molecule has 0 atom stereocenters. The second kappa shape index (κ2) is 9.60. The molecule has 0 amide bonds. The fourth-order valence-electron chi connectivity index (χ4n) is 3.20. The maximum absolute atomic E-state index is 5.27. The quantitative estimate of drug-likeness (QED) is 0.482. The van der Waals surface area contributed by atoms with Gasteiger partial charge < -0.3 is 14.2 Å². The van der Waals surface area contributed by atoms with Gasteiger partial charge in [0.25, 0.3) is 0 Å². The van der Waals surface area contributed by atoms with Gasteiger partial charge >= 0.3 is 0 Å². The molecule has 4 heteroatoms. The molecule has 0 aliphatic heterocycles. The van der Waals surface area contributed by atoms with Crippen molar-refractivity contribution in [3.63, 3.8) is 0 Å². The van der Waals surface area contributed by atoms with Gasteiger partial charge in [-0.15, -0.1) is 13.2 Å². The molecule has 0 spiro atoms. The lowest BCUT2D eigenvalue weighted by Gasteiger charge is -2.21. The molecule has 0 saturated heterocycles. The molecular weight excluding hydrogens is 346 g/mol. The lowest BCUT2D eigenvalue weighted by Crippen LogP contribution is -2.26. The molecule has 144 valence electrons. The summed E-state index contributed by atoms with van der Waals surface area (Å²) in [6.45, 7) is 9.96. The van der Waals surface area contributed by atoms with Crippen molar-refractivity contribution in [2.45, 2.75) is 13.0 Å². The van der Waals surface area contributed by atoms with Gasteiger partial charge in [-0.1, -0.05) is 54.6 Å². The highest BCUT2D eigenvalue weighted by Gasteiger charge is 2.14. The van der Waals surface area contributed by atoms with Gasteiger partial charge in [0.2, 0.25) is 5.95 Å². The number of rotatable bonds is 10. The highest BCUT2D eigenvalue weighted by Crippen LogP contribution is 2.20. The standard InChI is InChI=1S/C24H27N3O/c1-4-15-26(16-5-2)24-25-22(17-20-9-7-6-8-10-20)19-27(24)18-21-11-13-23(28-3)14-12-21/h4-14,19H,1-2,15-18H2,3H3. The Balaban J connectivity index is 1.91. The third-order valence-electron chi connectivity index (χ3n) is 4.53. The van der Waals surface area contributed by atoms with E-state index in [1.165, 1.54) is 11.1 Å². The van der Waals surface area contributed by atoms with Gasteiger partial charge in [0, 0.05) is 25.7 Å². The van der Waals surface area contributed by atoms with Crippen molar-refractivity contribution >= 4 is 5.95 Å². The molecule has 0 unspecified atom stereocenters. The topological polar surface area (TPSA) is 30.3 Å². The Morgan fingerprint density at radius 3 is 2.25 bits per heavy atom. The Labute approximate surface area is 167 Å². The highest BCUT2D eigenvalue weighted by molar-refractivity contribution is 5.38. The van der Waals surface area contributed by atoms with Crippen LogP contribution >= 0.6 is 0 Å². The molecule has 0 radical (unpaired) electrons. The number of benzene rings is 2. The average Bonchev–Trinajstić information content (AvgIpc) is 3.11. The van der Waals surface area contributed by atoms with Crippen molar-refractivity contribution in [3.8, 4) is 5.75 Å². The molecule has 0 aliphatic carbocycles. The summed E-state index contributed by atoms with van der Waals surface area (Å²) in [4.78, 5) is 7.12. The molecule has 0 N–H and O–H groups in total. The first-order valence-corrected chi connectivity index (χ1v) is 9.43. The zero-order valence-corrected chi connectivity index (χ0v) is 16.4. The minimum absolute atomic E-state index is 0.719. The molecule has 0 bridgehead atoms. The second-order valence-corrected chi connectivity index (χ2v) is 6.65. The van der Waals surface area contributed by atoms with Gasteiger partial charge in [0.15, 0.2) is 0 Å². The number of nitrogens with zero attached hydrogens (tertiary/aromatic N) is 3. The third kappa shape index (κ3) is 4.92. The van der Waals surface area contributed by atoms with E-state index in [0.717, 1.165) is 43.4 Å². The van der Waals surface area contributed by atoms with Crippen molar-refractivity contribution in [1.29, 1.82) is 0 Å². The summed E-state index contributed by atoms with van der Waals surface area (Å²) in [6.07, 6.45) is 6.74. The largest absolute Gasteiger partial charge is 0.497 e. The van der Waals surface area contributed by atoms with E-state index in [2.05, 4.69) is 65.2 Å². The van der Waals surface area contributed by atoms with Crippen LogP contribution in [0.2, 0.25) is 0 Å². The Bertz CT molecular complexity index is 887. The fourth-order valence-corrected chi connectivity index (χ4v) is 3.20. The first-order valence-electron chi connectivity index (χ1n) is 9.43. The van der Waals surface area contributed by atoms with E-state index in [1.807, 2.05) is 30.4 Å². The normalized spacial score (nSPS) is 10.5. The number of anilines is 1. The van der Waals surface area contributed by atoms with Gasteiger partial charge in [0.05, 0.1) is 19.3 Å². The summed E-state index contributed by atoms with van der Waals surface area (Å²) in [5.74, 6) is 1.79. The molecule has 2 aromatic carbocycles. The van der Waals surface area contributed by atoms with E-state index < -0.39 is 0 Å². The summed E-state index contributed by atoms with van der Waals surface area (Å²) in [5, 5.41) is 0. The third-order valence-corrected chi connectivity index (χ3v) is 4.53. The van der Waals surface area contributed by atoms with Crippen LogP contribution in [0, 0.1) is 0 Å². The van der Waals surface area contributed by atoms with E-state index in [0.29, 0.717) is 0 Å². The molecule has 0 aliphatic rings. The van der Waals surface area contributed by atoms with Crippen LogP contribution in [0.3, 0.4) is 0 Å². The molecule has 0 fully saturated rings. The maximum atomic E-state index is 5.27. The smallest absolute Gasteiger partial charge is 0.206 e. The van der Waals surface area contributed by atoms with Crippen LogP contribution in [0.5, 0.6) is 5.75 Å². The van der Waals surface area contributed by atoms with E-state index in [1.54, 1.807) is 7.11 Å². The molecule has 1 heterocycles. The number of methoxy groups -OCH3 is 1.